The van der Waals surface area contributed by atoms with Gasteiger partial charge in [-0.05, 0) is 6.42 Å². The van der Waals surface area contributed by atoms with E-state index in [9.17, 15) is 70.4 Å². The van der Waals surface area contributed by atoms with Crippen LogP contribution in [0, 0.1) is 0 Å². The zero-order chi connectivity index (χ0) is 24.8. The molecule has 0 saturated carbocycles. The molecule has 20 heteroatoms. The summed E-state index contributed by atoms with van der Waals surface area (Å²) < 4.78 is 206. The molecule has 0 aliphatic rings. The summed E-state index contributed by atoms with van der Waals surface area (Å²) in [7, 11) is -5.39. The van der Waals surface area contributed by atoms with Crippen molar-refractivity contribution in [1.82, 2.24) is 0 Å². The van der Waals surface area contributed by atoms with Crippen LogP contribution in [0.15, 0.2) is 0 Å². The van der Waals surface area contributed by atoms with Crippen LogP contribution in [0.3, 0.4) is 0 Å². The predicted octanol–water partition coefficient (Wildman–Crippen LogP) is 5.25. The molecule has 0 saturated heterocycles. The maximum Gasteiger partial charge on any atom is 0.469 e. The number of hydrogen-bond acceptors (Lipinski definition) is 2. The summed E-state index contributed by atoms with van der Waals surface area (Å²) in [6, 6.07) is 0. The lowest BCUT2D eigenvalue weighted by molar-refractivity contribution is -0.452. The van der Waals surface area contributed by atoms with Gasteiger partial charge in [-0.1, -0.05) is 0 Å². The minimum Gasteiger partial charge on any atom is -0.303 e. The first kappa shape index (κ1) is 29.1. The second-order valence-corrected chi connectivity index (χ2v) is 6.74. The van der Waals surface area contributed by atoms with Crippen LogP contribution in [0.2, 0.25) is 0 Å². The molecule has 0 spiro atoms. The molecule has 0 aliphatic carbocycles. The Bertz CT molecular complexity index is 652. The zero-order valence-electron chi connectivity index (χ0n) is 13.4. The molecule has 30 heavy (non-hydrogen) atoms. The molecule has 0 bridgehead atoms. The van der Waals surface area contributed by atoms with Crippen molar-refractivity contribution in [2.24, 2.45) is 0 Å². The molecule has 0 unspecified atom stereocenters. The fraction of sp³-hybridized carbons (Fsp3) is 1.00. The Morgan fingerprint density at radius 2 is 0.933 bits per heavy atom. The van der Waals surface area contributed by atoms with Crippen LogP contribution < -0.4 is 0 Å². The van der Waals surface area contributed by atoms with E-state index >= 15 is 0 Å². The summed E-state index contributed by atoms with van der Waals surface area (Å²) in [4.78, 5) is 16.3. The van der Waals surface area contributed by atoms with E-state index in [4.69, 9.17) is 9.79 Å². The molecule has 0 radical (unpaired) electrons. The number of hydrogen-bond donors (Lipinski definition) is 2. The summed E-state index contributed by atoms with van der Waals surface area (Å²) in [5.74, 6) is -47.0. The molecular formula is C10H8F15O4P. The molecular weight excluding hydrogens is 500 g/mol. The lowest BCUT2D eigenvalue weighted by Gasteiger charge is -2.41. The average molecular weight is 508 g/mol. The van der Waals surface area contributed by atoms with E-state index in [-0.39, 0.29) is 0 Å². The van der Waals surface area contributed by atoms with Crippen LogP contribution in [0.25, 0.3) is 0 Å². The molecule has 0 aliphatic heterocycles. The highest BCUT2D eigenvalue weighted by atomic mass is 31.2. The van der Waals surface area contributed by atoms with Gasteiger partial charge in [0.2, 0.25) is 0 Å². The third-order valence-electron chi connectivity index (χ3n) is 3.29. The maximum atomic E-state index is 13.3. The molecule has 4 nitrogen and oxygen atoms in total. The van der Waals surface area contributed by atoms with Crippen molar-refractivity contribution >= 4 is 7.82 Å². The molecule has 0 heterocycles. The molecule has 0 amide bonds. The second-order valence-electron chi connectivity index (χ2n) is 5.50. The van der Waals surface area contributed by atoms with Gasteiger partial charge in [-0.25, -0.2) is 4.57 Å². The van der Waals surface area contributed by atoms with E-state index in [0.29, 0.717) is 0 Å². The van der Waals surface area contributed by atoms with Crippen molar-refractivity contribution in [3.05, 3.63) is 0 Å². The normalized spacial score (nSPS) is 16.2. The zero-order valence-corrected chi connectivity index (χ0v) is 14.3. The van der Waals surface area contributed by atoms with E-state index in [0.717, 1.165) is 0 Å². The van der Waals surface area contributed by atoms with Crippen molar-refractivity contribution in [1.29, 1.82) is 0 Å². The van der Waals surface area contributed by atoms with Crippen LogP contribution in [-0.2, 0) is 9.09 Å². The summed E-state index contributed by atoms with van der Waals surface area (Å²) >= 11 is 0. The molecule has 0 aromatic heterocycles. The SMILES string of the molecule is O=P(O)(O)OCCCC(F)(F)C(F)(F)C(F)(F)C(F)(F)C(F)(F)C(F)(F)C(F)(F)F. The highest BCUT2D eigenvalue weighted by Gasteiger charge is 2.93. The third kappa shape index (κ3) is 4.77. The molecule has 182 valence electrons. The van der Waals surface area contributed by atoms with Crippen LogP contribution in [0.4, 0.5) is 65.9 Å². The minimum atomic E-state index is -8.37. The number of phosphoric ester groups is 1. The molecule has 2 N–H and O–H groups in total. The smallest absolute Gasteiger partial charge is 0.303 e. The van der Waals surface area contributed by atoms with Crippen molar-refractivity contribution in [3.8, 4) is 0 Å². The van der Waals surface area contributed by atoms with Crippen molar-refractivity contribution < 1.29 is 84.7 Å². The minimum absolute atomic E-state index is 1.58. The first-order chi connectivity index (χ1) is 12.7. The highest BCUT2D eigenvalue weighted by Crippen LogP contribution is 2.62. The summed E-state index contributed by atoms with van der Waals surface area (Å²) in [6.45, 7) is -1.58. The molecule has 0 aromatic rings. The fourth-order valence-corrected chi connectivity index (χ4v) is 2.00. The Kier molecular flexibility index (Phi) is 7.63. The van der Waals surface area contributed by atoms with E-state index in [1.165, 1.54) is 0 Å². The molecule has 0 rings (SSSR count). The number of halogens is 15. The van der Waals surface area contributed by atoms with Crippen LogP contribution in [0.5, 0.6) is 0 Å². The topological polar surface area (TPSA) is 66.8 Å². The fourth-order valence-electron chi connectivity index (χ4n) is 1.63. The van der Waals surface area contributed by atoms with Gasteiger partial charge in [0.05, 0.1) is 6.61 Å². The van der Waals surface area contributed by atoms with Crippen molar-refractivity contribution in [2.75, 3.05) is 6.61 Å². The Labute approximate surface area is 155 Å². The molecule has 0 atom stereocenters. The second kappa shape index (κ2) is 7.88. The van der Waals surface area contributed by atoms with Gasteiger partial charge < -0.3 is 9.79 Å². The number of rotatable bonds is 10. The number of alkyl halides is 15. The van der Waals surface area contributed by atoms with Gasteiger partial charge in [0.15, 0.2) is 0 Å². The van der Waals surface area contributed by atoms with E-state index < -0.39 is 69.0 Å². The Balaban J connectivity index is 6.02. The van der Waals surface area contributed by atoms with Gasteiger partial charge in [-0.2, -0.15) is 65.9 Å². The first-order valence-corrected chi connectivity index (χ1v) is 8.27. The van der Waals surface area contributed by atoms with Crippen LogP contribution in [0.1, 0.15) is 12.8 Å². The highest BCUT2D eigenvalue weighted by molar-refractivity contribution is 7.46. The largest absolute Gasteiger partial charge is 0.469 e. The molecule has 0 fully saturated rings. The quantitative estimate of drug-likeness (QED) is 0.241. The van der Waals surface area contributed by atoms with Gasteiger partial charge in [-0.15, -0.1) is 0 Å². The summed E-state index contributed by atoms with van der Waals surface area (Å²) in [5.41, 5.74) is 0. The first-order valence-electron chi connectivity index (χ1n) is 6.74. The Morgan fingerprint density at radius 1 is 0.600 bits per heavy atom. The van der Waals surface area contributed by atoms with E-state index in [2.05, 4.69) is 4.52 Å². The monoisotopic (exact) mass is 508 g/mol. The Morgan fingerprint density at radius 3 is 1.27 bits per heavy atom. The Hall–Kier alpha value is -0.940. The molecule has 0 aromatic carbocycles. The van der Waals surface area contributed by atoms with Gasteiger partial charge in [0, 0.05) is 6.42 Å². The van der Waals surface area contributed by atoms with Gasteiger partial charge in [0.25, 0.3) is 0 Å². The van der Waals surface area contributed by atoms with Gasteiger partial charge >= 0.3 is 49.5 Å². The number of phosphoric acid groups is 1. The predicted molar refractivity (Wildman–Crippen MR) is 63.0 cm³/mol. The van der Waals surface area contributed by atoms with Crippen molar-refractivity contribution in [3.63, 3.8) is 0 Å². The lowest BCUT2D eigenvalue weighted by atomic mass is 9.90. The van der Waals surface area contributed by atoms with E-state index in [1.807, 2.05) is 0 Å². The third-order valence-corrected chi connectivity index (χ3v) is 3.81. The van der Waals surface area contributed by atoms with Gasteiger partial charge in [-0.3, -0.25) is 4.52 Å². The van der Waals surface area contributed by atoms with Crippen LogP contribution >= 0.6 is 7.82 Å². The summed E-state index contributed by atoms with van der Waals surface area (Å²) in [6.07, 6.45) is -12.1. The standard InChI is InChI=1S/C10H8F15O4P/c11-4(12,2-1-3-29-30(26,27)28)5(13,14)6(15,16)7(17,18)8(19,20)9(21,22)10(23,24)25/h1-3H2,(H2,26,27,28). The van der Waals surface area contributed by atoms with Crippen molar-refractivity contribution in [2.45, 2.75) is 54.6 Å². The maximum absolute atomic E-state index is 13.3. The lowest BCUT2D eigenvalue weighted by Crippen LogP contribution is -2.72. The van der Waals surface area contributed by atoms with Crippen LogP contribution in [-0.4, -0.2) is 58.1 Å². The van der Waals surface area contributed by atoms with Gasteiger partial charge in [0.1, 0.15) is 0 Å². The summed E-state index contributed by atoms with van der Waals surface area (Å²) in [5, 5.41) is 0. The average Bonchev–Trinajstić information content (AvgIpc) is 2.48. The van der Waals surface area contributed by atoms with E-state index in [1.54, 1.807) is 0 Å².